The molecule has 0 unspecified atom stereocenters. The molecule has 1 aliphatic rings. The molecule has 1 aliphatic heterocycles. The van der Waals surface area contributed by atoms with Crippen molar-refractivity contribution in [1.82, 2.24) is 0 Å². The number of fused-ring (bicyclic) bond motifs is 1. The van der Waals surface area contributed by atoms with Gasteiger partial charge in [0.15, 0.2) is 23.5 Å². The van der Waals surface area contributed by atoms with Gasteiger partial charge in [-0.2, -0.15) is 0 Å². The SMILES string of the molecule is Cc1cc2c(cc1Cc1ccc(C=O)o1)OCCO2. The van der Waals surface area contributed by atoms with Crippen molar-refractivity contribution < 1.29 is 18.7 Å². The number of carbonyl (C=O) groups is 1. The van der Waals surface area contributed by atoms with Gasteiger partial charge in [0.1, 0.15) is 19.0 Å². The van der Waals surface area contributed by atoms with Crippen LogP contribution in [0.3, 0.4) is 0 Å². The molecule has 4 heteroatoms. The molecule has 0 saturated heterocycles. The summed E-state index contributed by atoms with van der Waals surface area (Å²) in [6.45, 7) is 3.19. The Bertz CT molecular complexity index is 613. The van der Waals surface area contributed by atoms with Gasteiger partial charge in [-0.15, -0.1) is 0 Å². The van der Waals surface area contributed by atoms with Gasteiger partial charge in [-0.05, 0) is 42.3 Å². The minimum absolute atomic E-state index is 0.352. The zero-order valence-electron chi connectivity index (χ0n) is 10.6. The van der Waals surface area contributed by atoms with Crippen LogP contribution in [0.1, 0.15) is 27.4 Å². The van der Waals surface area contributed by atoms with E-state index in [1.165, 1.54) is 0 Å². The Morgan fingerprint density at radius 2 is 1.89 bits per heavy atom. The van der Waals surface area contributed by atoms with Crippen LogP contribution < -0.4 is 9.47 Å². The highest BCUT2D eigenvalue weighted by molar-refractivity contribution is 5.70. The number of benzene rings is 1. The Balaban J connectivity index is 1.89. The molecule has 0 amide bonds. The van der Waals surface area contributed by atoms with Crippen LogP contribution in [-0.2, 0) is 6.42 Å². The molecule has 1 aromatic heterocycles. The van der Waals surface area contributed by atoms with Crippen LogP contribution in [0.2, 0.25) is 0 Å². The van der Waals surface area contributed by atoms with Crippen LogP contribution in [0.5, 0.6) is 11.5 Å². The van der Waals surface area contributed by atoms with E-state index in [2.05, 4.69) is 0 Å². The maximum atomic E-state index is 10.6. The maximum absolute atomic E-state index is 10.6. The van der Waals surface area contributed by atoms with Crippen molar-refractivity contribution in [3.05, 3.63) is 46.9 Å². The number of hydrogen-bond donors (Lipinski definition) is 0. The highest BCUT2D eigenvalue weighted by Gasteiger charge is 2.15. The van der Waals surface area contributed by atoms with Crippen molar-refractivity contribution in [3.8, 4) is 11.5 Å². The predicted octanol–water partition coefficient (Wildman–Crippen LogP) is 2.76. The van der Waals surface area contributed by atoms with Gasteiger partial charge in [-0.25, -0.2) is 0 Å². The quantitative estimate of drug-likeness (QED) is 0.794. The van der Waals surface area contributed by atoms with Crippen LogP contribution in [0.15, 0.2) is 28.7 Å². The van der Waals surface area contributed by atoms with E-state index < -0.39 is 0 Å². The zero-order chi connectivity index (χ0) is 13.2. The van der Waals surface area contributed by atoms with E-state index in [0.717, 1.165) is 28.4 Å². The van der Waals surface area contributed by atoms with E-state index in [9.17, 15) is 4.79 Å². The third kappa shape index (κ3) is 2.34. The summed E-state index contributed by atoms with van der Waals surface area (Å²) in [5, 5.41) is 0. The van der Waals surface area contributed by atoms with Gasteiger partial charge < -0.3 is 13.9 Å². The molecule has 19 heavy (non-hydrogen) atoms. The van der Waals surface area contributed by atoms with Crippen molar-refractivity contribution in [3.63, 3.8) is 0 Å². The summed E-state index contributed by atoms with van der Waals surface area (Å²) in [7, 11) is 0. The fraction of sp³-hybridized carbons (Fsp3) is 0.267. The lowest BCUT2D eigenvalue weighted by molar-refractivity contribution is 0.109. The smallest absolute Gasteiger partial charge is 0.185 e. The molecular weight excluding hydrogens is 244 g/mol. The highest BCUT2D eigenvalue weighted by atomic mass is 16.6. The Hall–Kier alpha value is -2.23. The molecule has 0 N–H and O–H groups in total. The van der Waals surface area contributed by atoms with Gasteiger partial charge in [0.2, 0.25) is 0 Å². The molecule has 0 aliphatic carbocycles. The first-order chi connectivity index (χ1) is 9.26. The van der Waals surface area contributed by atoms with Gasteiger partial charge in [0.25, 0.3) is 0 Å². The summed E-state index contributed by atoms with van der Waals surface area (Å²) in [6, 6.07) is 7.45. The molecular formula is C15H14O4. The van der Waals surface area contributed by atoms with Crippen LogP contribution >= 0.6 is 0 Å². The van der Waals surface area contributed by atoms with Gasteiger partial charge in [0, 0.05) is 6.42 Å². The molecule has 0 radical (unpaired) electrons. The summed E-state index contributed by atoms with van der Waals surface area (Å²) in [5.74, 6) is 2.68. The zero-order valence-corrected chi connectivity index (χ0v) is 10.6. The lowest BCUT2D eigenvalue weighted by Gasteiger charge is -2.20. The van der Waals surface area contributed by atoms with E-state index in [1.807, 2.05) is 25.1 Å². The average Bonchev–Trinajstić information content (AvgIpc) is 2.87. The van der Waals surface area contributed by atoms with Gasteiger partial charge in [0.05, 0.1) is 0 Å². The first kappa shape index (κ1) is 11.8. The fourth-order valence-electron chi connectivity index (χ4n) is 2.16. The van der Waals surface area contributed by atoms with Gasteiger partial charge in [-0.3, -0.25) is 4.79 Å². The number of carbonyl (C=O) groups excluding carboxylic acids is 1. The molecule has 0 atom stereocenters. The molecule has 1 aromatic carbocycles. The summed E-state index contributed by atoms with van der Waals surface area (Å²) >= 11 is 0. The van der Waals surface area contributed by atoms with E-state index in [4.69, 9.17) is 13.9 Å². The summed E-state index contributed by atoms with van der Waals surface area (Å²) in [4.78, 5) is 10.6. The second-order valence-corrected chi connectivity index (χ2v) is 4.52. The van der Waals surface area contributed by atoms with E-state index >= 15 is 0 Å². The molecule has 98 valence electrons. The first-order valence-corrected chi connectivity index (χ1v) is 6.19. The largest absolute Gasteiger partial charge is 0.486 e. The topological polar surface area (TPSA) is 48.7 Å². The first-order valence-electron chi connectivity index (χ1n) is 6.19. The van der Waals surface area contributed by atoms with Crippen molar-refractivity contribution in [2.75, 3.05) is 13.2 Å². The Morgan fingerprint density at radius 1 is 1.16 bits per heavy atom. The van der Waals surface area contributed by atoms with Crippen LogP contribution in [-0.4, -0.2) is 19.5 Å². The standard InChI is InChI=1S/C15H14O4/c1-10-6-14-15(18-5-4-17-14)8-11(10)7-12-2-3-13(9-16)19-12/h2-3,6,8-9H,4-5,7H2,1H3. The Morgan fingerprint density at radius 3 is 2.58 bits per heavy atom. The number of aldehydes is 1. The van der Waals surface area contributed by atoms with Crippen LogP contribution in [0.4, 0.5) is 0 Å². The highest BCUT2D eigenvalue weighted by Crippen LogP contribution is 2.33. The van der Waals surface area contributed by atoms with Crippen LogP contribution in [0.25, 0.3) is 0 Å². The monoisotopic (exact) mass is 258 g/mol. The predicted molar refractivity (Wildman–Crippen MR) is 69.1 cm³/mol. The lowest BCUT2D eigenvalue weighted by Crippen LogP contribution is -2.15. The second kappa shape index (κ2) is 4.80. The minimum Gasteiger partial charge on any atom is -0.486 e. The molecule has 0 bridgehead atoms. The number of rotatable bonds is 3. The Kier molecular flexibility index (Phi) is 2.99. The number of furan rings is 1. The number of ether oxygens (including phenoxy) is 2. The molecule has 0 fully saturated rings. The van der Waals surface area contributed by atoms with E-state index in [-0.39, 0.29) is 0 Å². The minimum atomic E-state index is 0.352. The summed E-state index contributed by atoms with van der Waals surface area (Å²) in [5.41, 5.74) is 2.23. The molecule has 2 aromatic rings. The van der Waals surface area contributed by atoms with Gasteiger partial charge >= 0.3 is 0 Å². The third-order valence-electron chi connectivity index (χ3n) is 3.16. The van der Waals surface area contributed by atoms with Gasteiger partial charge in [-0.1, -0.05) is 0 Å². The Labute approximate surface area is 110 Å². The molecule has 0 saturated carbocycles. The van der Waals surface area contributed by atoms with E-state index in [1.54, 1.807) is 6.07 Å². The molecule has 3 rings (SSSR count). The maximum Gasteiger partial charge on any atom is 0.185 e. The lowest BCUT2D eigenvalue weighted by atomic mass is 10.0. The van der Waals surface area contributed by atoms with E-state index in [0.29, 0.717) is 31.7 Å². The van der Waals surface area contributed by atoms with Crippen molar-refractivity contribution >= 4 is 6.29 Å². The summed E-state index contributed by atoms with van der Waals surface area (Å²) in [6.07, 6.45) is 1.34. The number of hydrogen-bond acceptors (Lipinski definition) is 4. The number of aryl methyl sites for hydroxylation is 1. The molecule has 4 nitrogen and oxygen atoms in total. The second-order valence-electron chi connectivity index (χ2n) is 4.52. The molecule has 0 spiro atoms. The normalized spacial score (nSPS) is 13.3. The van der Waals surface area contributed by atoms with Crippen molar-refractivity contribution in [1.29, 1.82) is 0 Å². The van der Waals surface area contributed by atoms with Crippen LogP contribution in [0, 0.1) is 6.92 Å². The summed E-state index contributed by atoms with van der Waals surface area (Å²) < 4.78 is 16.5. The average molecular weight is 258 g/mol. The fourth-order valence-corrected chi connectivity index (χ4v) is 2.16. The molecule has 2 heterocycles. The van der Waals surface area contributed by atoms with Crippen molar-refractivity contribution in [2.45, 2.75) is 13.3 Å². The van der Waals surface area contributed by atoms with Crippen molar-refractivity contribution in [2.24, 2.45) is 0 Å². The third-order valence-corrected chi connectivity index (χ3v) is 3.16.